The number of carbonyl (C=O) groups excluding carboxylic acids is 3. The first-order chi connectivity index (χ1) is 17.5. The Balaban J connectivity index is 2.22. The molecule has 0 aromatic heterocycles. The van der Waals surface area contributed by atoms with Crippen molar-refractivity contribution in [3.8, 4) is 5.75 Å². The topological polar surface area (TPSA) is 171 Å². The van der Waals surface area contributed by atoms with Gasteiger partial charge in [-0.15, -0.1) is 0 Å². The first kappa shape index (κ1) is 29.3. The Morgan fingerprint density at radius 2 is 1.32 bits per heavy atom. The fourth-order valence-electron chi connectivity index (χ4n) is 3.65. The van der Waals surface area contributed by atoms with Crippen molar-refractivity contribution in [3.05, 3.63) is 65.7 Å². The van der Waals surface area contributed by atoms with Crippen molar-refractivity contribution >= 4 is 23.7 Å². The Bertz CT molecular complexity index is 1060. The average molecular weight is 513 g/mol. The summed E-state index contributed by atoms with van der Waals surface area (Å²) >= 11 is 0. The van der Waals surface area contributed by atoms with Crippen LogP contribution in [-0.4, -0.2) is 58.1 Å². The Labute approximate surface area is 216 Å². The predicted octanol–water partition coefficient (Wildman–Crippen LogP) is 1.11. The molecule has 37 heavy (non-hydrogen) atoms. The molecule has 10 nitrogen and oxygen atoms in total. The lowest BCUT2D eigenvalue weighted by atomic mass is 9.96. The molecule has 5 unspecified atom stereocenters. The van der Waals surface area contributed by atoms with Gasteiger partial charge < -0.3 is 31.9 Å². The van der Waals surface area contributed by atoms with E-state index < -0.39 is 47.9 Å². The number of benzene rings is 2. The van der Waals surface area contributed by atoms with Gasteiger partial charge in [-0.05, 0) is 36.1 Å². The normalized spacial score (nSPS) is 14.9. The number of phenolic OH excluding ortho intramolecular Hbond substituents is 1. The van der Waals surface area contributed by atoms with Crippen molar-refractivity contribution in [1.29, 1.82) is 0 Å². The summed E-state index contributed by atoms with van der Waals surface area (Å²) in [6.45, 7) is 5.10. The summed E-state index contributed by atoms with van der Waals surface area (Å²) in [5.41, 5.74) is 7.08. The Morgan fingerprint density at radius 1 is 0.784 bits per heavy atom. The maximum absolute atomic E-state index is 13.3. The van der Waals surface area contributed by atoms with Crippen molar-refractivity contribution < 1.29 is 29.4 Å². The van der Waals surface area contributed by atoms with E-state index in [-0.39, 0.29) is 24.5 Å². The van der Waals surface area contributed by atoms with E-state index in [0.29, 0.717) is 12.0 Å². The Hall–Kier alpha value is -3.92. The van der Waals surface area contributed by atoms with Crippen LogP contribution in [0.1, 0.15) is 38.3 Å². The standard InChI is InChI=1S/C27H36N4O6/c1-4-16(2)23(26(35)30-22(27(36)37)15-18-8-6-5-7-9-18)31-25(34)21(29-24(33)17(3)28)14-19-10-12-20(32)13-11-19/h5-13,16-17,21-23,32H,4,14-15,28H2,1-3H3,(H,29,33)(H,30,35)(H,31,34)(H,36,37). The van der Waals surface area contributed by atoms with Crippen LogP contribution >= 0.6 is 0 Å². The fraction of sp³-hybridized carbons (Fsp3) is 0.407. The molecule has 0 saturated carbocycles. The van der Waals surface area contributed by atoms with Crippen LogP contribution in [0.15, 0.2) is 54.6 Å². The number of carboxylic acid groups (broad SMARTS) is 1. The van der Waals surface area contributed by atoms with Crippen molar-refractivity contribution in [2.75, 3.05) is 0 Å². The third-order valence-corrected chi connectivity index (χ3v) is 6.11. The molecule has 0 aliphatic carbocycles. The number of nitrogens with two attached hydrogens (primary N) is 1. The van der Waals surface area contributed by atoms with Crippen molar-refractivity contribution in [2.24, 2.45) is 11.7 Å². The molecule has 0 heterocycles. The second-order valence-electron chi connectivity index (χ2n) is 9.18. The molecule has 10 heteroatoms. The molecule has 3 amide bonds. The summed E-state index contributed by atoms with van der Waals surface area (Å²) in [6, 6.07) is 10.9. The molecule has 200 valence electrons. The Morgan fingerprint density at radius 3 is 1.86 bits per heavy atom. The van der Waals surface area contributed by atoms with E-state index in [4.69, 9.17) is 5.73 Å². The molecule has 2 aromatic carbocycles. The van der Waals surface area contributed by atoms with Gasteiger partial charge in [0.05, 0.1) is 6.04 Å². The van der Waals surface area contributed by atoms with Gasteiger partial charge in [0.25, 0.3) is 0 Å². The monoisotopic (exact) mass is 512 g/mol. The van der Waals surface area contributed by atoms with Crippen molar-refractivity contribution in [1.82, 2.24) is 16.0 Å². The van der Waals surface area contributed by atoms with E-state index in [2.05, 4.69) is 16.0 Å². The van der Waals surface area contributed by atoms with Gasteiger partial charge in [-0.1, -0.05) is 62.7 Å². The number of carboxylic acids is 1. The number of hydrogen-bond acceptors (Lipinski definition) is 6. The Kier molecular flexibility index (Phi) is 11.1. The van der Waals surface area contributed by atoms with Crippen molar-refractivity contribution in [3.63, 3.8) is 0 Å². The minimum Gasteiger partial charge on any atom is -0.508 e. The van der Waals surface area contributed by atoms with Crippen LogP contribution in [0, 0.1) is 5.92 Å². The highest BCUT2D eigenvalue weighted by molar-refractivity contribution is 5.94. The molecule has 7 N–H and O–H groups in total. The number of carbonyl (C=O) groups is 4. The van der Waals surface area contributed by atoms with Crippen LogP contribution in [0.3, 0.4) is 0 Å². The second kappa shape index (κ2) is 14.0. The van der Waals surface area contributed by atoms with Gasteiger partial charge in [-0.3, -0.25) is 14.4 Å². The number of nitrogens with one attached hydrogen (secondary N) is 3. The minimum atomic E-state index is -1.19. The van der Waals surface area contributed by atoms with Crippen LogP contribution < -0.4 is 21.7 Å². The molecule has 5 atom stereocenters. The number of amides is 3. The van der Waals surface area contributed by atoms with Gasteiger partial charge in [0.1, 0.15) is 23.9 Å². The van der Waals surface area contributed by atoms with Gasteiger partial charge in [0, 0.05) is 12.8 Å². The molecule has 0 bridgehead atoms. The highest BCUT2D eigenvalue weighted by atomic mass is 16.4. The summed E-state index contributed by atoms with van der Waals surface area (Å²) in [7, 11) is 0. The van der Waals surface area contributed by atoms with E-state index >= 15 is 0 Å². The lowest BCUT2D eigenvalue weighted by Crippen LogP contribution is -2.59. The summed E-state index contributed by atoms with van der Waals surface area (Å²) in [4.78, 5) is 50.7. The van der Waals surface area contributed by atoms with Crippen LogP contribution in [0.4, 0.5) is 0 Å². The highest BCUT2D eigenvalue weighted by Crippen LogP contribution is 2.14. The third-order valence-electron chi connectivity index (χ3n) is 6.11. The zero-order valence-corrected chi connectivity index (χ0v) is 21.3. The molecular weight excluding hydrogens is 476 g/mol. The molecule has 0 saturated heterocycles. The van der Waals surface area contributed by atoms with E-state index in [1.54, 1.807) is 43.3 Å². The van der Waals surface area contributed by atoms with E-state index in [1.807, 2.05) is 13.0 Å². The second-order valence-corrected chi connectivity index (χ2v) is 9.18. The molecule has 0 aliphatic heterocycles. The lowest BCUT2D eigenvalue weighted by molar-refractivity contribution is -0.142. The number of phenols is 1. The van der Waals surface area contributed by atoms with Crippen LogP contribution in [0.2, 0.25) is 0 Å². The van der Waals surface area contributed by atoms with Crippen LogP contribution in [0.25, 0.3) is 0 Å². The first-order valence-electron chi connectivity index (χ1n) is 12.2. The van der Waals surface area contributed by atoms with E-state index in [1.165, 1.54) is 19.1 Å². The van der Waals surface area contributed by atoms with Gasteiger partial charge in [0.2, 0.25) is 17.7 Å². The highest BCUT2D eigenvalue weighted by Gasteiger charge is 2.32. The van der Waals surface area contributed by atoms with Crippen molar-refractivity contribution in [2.45, 2.75) is 64.2 Å². The smallest absolute Gasteiger partial charge is 0.326 e. The number of aromatic hydroxyl groups is 1. The molecule has 2 rings (SSSR count). The summed E-state index contributed by atoms with van der Waals surface area (Å²) in [6.07, 6.45) is 0.700. The molecule has 0 spiro atoms. The maximum Gasteiger partial charge on any atom is 0.326 e. The summed E-state index contributed by atoms with van der Waals surface area (Å²) < 4.78 is 0. The average Bonchev–Trinajstić information content (AvgIpc) is 2.87. The third kappa shape index (κ3) is 9.23. The zero-order valence-electron chi connectivity index (χ0n) is 21.3. The zero-order chi connectivity index (χ0) is 27.5. The van der Waals surface area contributed by atoms with Crippen LogP contribution in [0.5, 0.6) is 5.75 Å². The largest absolute Gasteiger partial charge is 0.508 e. The lowest BCUT2D eigenvalue weighted by Gasteiger charge is -2.28. The van der Waals surface area contributed by atoms with E-state index in [0.717, 1.165) is 5.56 Å². The fourth-order valence-corrected chi connectivity index (χ4v) is 3.65. The van der Waals surface area contributed by atoms with Gasteiger partial charge in [0.15, 0.2) is 0 Å². The molecule has 0 fully saturated rings. The van der Waals surface area contributed by atoms with Gasteiger partial charge in [-0.25, -0.2) is 4.79 Å². The molecule has 0 aliphatic rings. The molecule has 0 radical (unpaired) electrons. The predicted molar refractivity (Wildman–Crippen MR) is 138 cm³/mol. The summed E-state index contributed by atoms with van der Waals surface area (Å²) in [5.74, 6) is -3.25. The first-order valence-corrected chi connectivity index (χ1v) is 12.2. The van der Waals surface area contributed by atoms with E-state index in [9.17, 15) is 29.4 Å². The SMILES string of the molecule is CCC(C)C(NC(=O)C(Cc1ccc(O)cc1)NC(=O)C(C)N)C(=O)NC(Cc1ccccc1)C(=O)O. The quantitative estimate of drug-likeness (QED) is 0.233. The number of aliphatic carboxylic acids is 1. The summed E-state index contributed by atoms with van der Waals surface area (Å²) in [5, 5.41) is 27.1. The minimum absolute atomic E-state index is 0.0568. The number of hydrogen-bond donors (Lipinski definition) is 6. The molecular formula is C27H36N4O6. The molecule has 2 aromatic rings. The van der Waals surface area contributed by atoms with Crippen LogP contribution in [-0.2, 0) is 32.0 Å². The van der Waals surface area contributed by atoms with Gasteiger partial charge >= 0.3 is 5.97 Å². The maximum atomic E-state index is 13.3. The number of rotatable bonds is 13. The van der Waals surface area contributed by atoms with Gasteiger partial charge in [-0.2, -0.15) is 0 Å².